The van der Waals surface area contributed by atoms with Gasteiger partial charge in [0, 0.05) is 12.8 Å². The lowest BCUT2D eigenvalue weighted by atomic mass is 10.1. The van der Waals surface area contributed by atoms with E-state index in [0.29, 0.717) is 41.2 Å². The Labute approximate surface area is 217 Å². The Kier molecular flexibility index (Phi) is 10.5. The quantitative estimate of drug-likeness (QED) is 0.166. The van der Waals surface area contributed by atoms with E-state index >= 15 is 0 Å². The van der Waals surface area contributed by atoms with Crippen molar-refractivity contribution < 1.29 is 0 Å². The van der Waals surface area contributed by atoms with Gasteiger partial charge in [0.1, 0.15) is 10.0 Å². The van der Waals surface area contributed by atoms with E-state index in [9.17, 15) is 0 Å². The molecule has 0 atom stereocenters. The number of hydrogen-bond donors (Lipinski definition) is 0. The van der Waals surface area contributed by atoms with Crippen LogP contribution in [0.15, 0.2) is 0 Å². The van der Waals surface area contributed by atoms with Crippen LogP contribution < -0.4 is 0 Å². The second-order valence-corrected chi connectivity index (χ2v) is 11.3. The molecule has 0 aliphatic rings. The van der Waals surface area contributed by atoms with E-state index in [1.165, 1.54) is 61.2 Å². The molecule has 0 saturated heterocycles. The Bertz CT molecular complexity index is 925. The van der Waals surface area contributed by atoms with Crippen LogP contribution >= 0.6 is 69.1 Å². The van der Waals surface area contributed by atoms with Crippen LogP contribution in [-0.4, -0.2) is 20.4 Å². The summed E-state index contributed by atoms with van der Waals surface area (Å²) in [4.78, 5) is 0. The van der Waals surface area contributed by atoms with Crippen molar-refractivity contribution in [3.05, 3.63) is 30.1 Å². The number of halogens is 4. The van der Waals surface area contributed by atoms with Crippen LogP contribution in [0.4, 0.5) is 0 Å². The Morgan fingerprint density at radius 1 is 0.531 bits per heavy atom. The topological polar surface area (TPSA) is 51.6 Å². The summed E-state index contributed by atoms with van der Waals surface area (Å²) in [6.07, 6.45) is 11.2. The molecule has 0 aliphatic carbocycles. The summed E-state index contributed by atoms with van der Waals surface area (Å²) >= 11 is 29.6. The van der Waals surface area contributed by atoms with Gasteiger partial charge in [-0.15, -0.1) is 20.4 Å². The largest absolute Gasteiger partial charge is 0.150 e. The molecule has 0 bridgehead atoms. The summed E-state index contributed by atoms with van der Waals surface area (Å²) in [6, 6.07) is 0. The summed E-state index contributed by atoms with van der Waals surface area (Å²) < 4.78 is 0. The molecule has 0 N–H and O–H groups in total. The lowest BCUT2D eigenvalue weighted by Crippen LogP contribution is -1.90. The van der Waals surface area contributed by atoms with Crippen LogP contribution in [0.2, 0.25) is 20.1 Å². The summed E-state index contributed by atoms with van der Waals surface area (Å²) in [7, 11) is 0. The molecule has 0 fully saturated rings. The Morgan fingerprint density at radius 3 is 1.25 bits per heavy atom. The van der Waals surface area contributed by atoms with Gasteiger partial charge in [-0.3, -0.25) is 0 Å². The molecule has 0 aliphatic heterocycles. The Morgan fingerprint density at radius 2 is 0.906 bits per heavy atom. The standard InChI is InChI=1S/C22H26Cl4N4S2/c1-3-5-7-9-11-13-27-29-21(31-13)15-17(23)19(25)16(20(26)18(15)24)22-30-28-14(32-22)12-10-8-6-4-2/h3-12H2,1-2H3. The SMILES string of the molecule is CCCCCCc1nnc(-c2c(Cl)c(Cl)c(-c3nnc(CCCCCC)s3)c(Cl)c2Cl)s1. The van der Waals surface area contributed by atoms with Crippen LogP contribution in [0.1, 0.15) is 75.2 Å². The molecule has 1 aromatic carbocycles. The number of aromatic nitrogens is 4. The Hall–Kier alpha value is -0.500. The maximum atomic E-state index is 6.66. The first-order valence-corrected chi connectivity index (χ1v) is 14.1. The van der Waals surface area contributed by atoms with Gasteiger partial charge in [0.05, 0.1) is 31.2 Å². The smallest absolute Gasteiger partial charge is 0.143 e. The molecule has 0 saturated carbocycles. The molecule has 4 nitrogen and oxygen atoms in total. The maximum absolute atomic E-state index is 6.66. The number of unbranched alkanes of at least 4 members (excludes halogenated alkanes) is 6. The van der Waals surface area contributed by atoms with Crippen LogP contribution in [0, 0.1) is 0 Å². The highest BCUT2D eigenvalue weighted by molar-refractivity contribution is 7.15. The minimum absolute atomic E-state index is 0.310. The molecule has 3 aromatic rings. The number of hydrogen-bond acceptors (Lipinski definition) is 6. The van der Waals surface area contributed by atoms with Crippen LogP contribution in [0.25, 0.3) is 21.1 Å². The first kappa shape index (κ1) is 26.1. The second-order valence-electron chi connectivity index (χ2n) is 7.63. The predicted octanol–water partition coefficient (Wildman–Crippen LogP) is 9.58. The van der Waals surface area contributed by atoms with E-state index in [1.807, 2.05) is 0 Å². The molecule has 0 amide bonds. The number of rotatable bonds is 12. The summed E-state index contributed by atoms with van der Waals surface area (Å²) in [5.74, 6) is 0. The van der Waals surface area contributed by atoms with Crippen molar-refractivity contribution >= 4 is 69.1 Å². The van der Waals surface area contributed by atoms with Crippen molar-refractivity contribution in [1.29, 1.82) is 0 Å². The molecule has 10 heteroatoms. The Balaban J connectivity index is 1.84. The van der Waals surface area contributed by atoms with Gasteiger partial charge >= 0.3 is 0 Å². The highest BCUT2D eigenvalue weighted by Crippen LogP contribution is 2.50. The maximum Gasteiger partial charge on any atom is 0.150 e. The van der Waals surface area contributed by atoms with Crippen molar-refractivity contribution in [2.45, 2.75) is 78.1 Å². The summed E-state index contributed by atoms with van der Waals surface area (Å²) in [5, 5.41) is 21.6. The number of nitrogens with zero attached hydrogens (tertiary/aromatic N) is 4. The third-order valence-electron chi connectivity index (χ3n) is 5.11. The second kappa shape index (κ2) is 12.8. The van der Waals surface area contributed by atoms with Gasteiger partial charge < -0.3 is 0 Å². The van der Waals surface area contributed by atoms with Gasteiger partial charge in [-0.2, -0.15) is 0 Å². The fourth-order valence-electron chi connectivity index (χ4n) is 3.32. The normalized spacial score (nSPS) is 11.4. The molecule has 0 radical (unpaired) electrons. The average Bonchev–Trinajstić information content (AvgIpc) is 3.43. The minimum atomic E-state index is 0.310. The van der Waals surface area contributed by atoms with E-state index < -0.39 is 0 Å². The van der Waals surface area contributed by atoms with E-state index in [4.69, 9.17) is 46.4 Å². The lowest BCUT2D eigenvalue weighted by Gasteiger charge is -2.12. The lowest BCUT2D eigenvalue weighted by molar-refractivity contribution is 0.663. The molecule has 0 unspecified atom stereocenters. The molecule has 174 valence electrons. The molecule has 2 heterocycles. The molecular formula is C22H26Cl4N4S2. The predicted molar refractivity (Wildman–Crippen MR) is 140 cm³/mol. The molecule has 3 rings (SSSR count). The van der Waals surface area contributed by atoms with E-state index in [-0.39, 0.29) is 0 Å². The first-order valence-electron chi connectivity index (χ1n) is 11.0. The molecular weight excluding hydrogens is 526 g/mol. The van der Waals surface area contributed by atoms with Gasteiger partial charge in [0.2, 0.25) is 0 Å². The highest BCUT2D eigenvalue weighted by Gasteiger charge is 2.26. The van der Waals surface area contributed by atoms with Crippen molar-refractivity contribution in [1.82, 2.24) is 20.4 Å². The average molecular weight is 552 g/mol. The minimum Gasteiger partial charge on any atom is -0.143 e. The van der Waals surface area contributed by atoms with Gasteiger partial charge in [-0.05, 0) is 12.8 Å². The fourth-order valence-corrected chi connectivity index (χ4v) is 6.64. The third-order valence-corrected chi connectivity index (χ3v) is 8.82. The van der Waals surface area contributed by atoms with Crippen LogP contribution in [0.3, 0.4) is 0 Å². The van der Waals surface area contributed by atoms with Crippen molar-refractivity contribution in [2.24, 2.45) is 0 Å². The zero-order valence-electron chi connectivity index (χ0n) is 18.2. The zero-order valence-corrected chi connectivity index (χ0v) is 22.8. The van der Waals surface area contributed by atoms with Crippen molar-refractivity contribution in [3.63, 3.8) is 0 Å². The summed E-state index contributed by atoms with van der Waals surface area (Å²) in [6.45, 7) is 4.39. The van der Waals surface area contributed by atoms with E-state index in [1.54, 1.807) is 0 Å². The zero-order chi connectivity index (χ0) is 23.1. The van der Waals surface area contributed by atoms with Crippen LogP contribution in [-0.2, 0) is 12.8 Å². The number of aryl methyl sites for hydroxylation is 2. The van der Waals surface area contributed by atoms with Gasteiger partial charge in [0.15, 0.2) is 10.0 Å². The van der Waals surface area contributed by atoms with Gasteiger partial charge in [-0.25, -0.2) is 0 Å². The molecule has 2 aromatic heterocycles. The molecule has 32 heavy (non-hydrogen) atoms. The molecule has 0 spiro atoms. The van der Waals surface area contributed by atoms with Crippen molar-refractivity contribution in [3.8, 4) is 21.1 Å². The van der Waals surface area contributed by atoms with Crippen molar-refractivity contribution in [2.75, 3.05) is 0 Å². The fraction of sp³-hybridized carbons (Fsp3) is 0.545. The first-order chi connectivity index (χ1) is 15.5. The van der Waals surface area contributed by atoms with Gasteiger partial charge in [-0.1, -0.05) is 121 Å². The monoisotopic (exact) mass is 550 g/mol. The number of benzene rings is 1. The van der Waals surface area contributed by atoms with Crippen LogP contribution in [0.5, 0.6) is 0 Å². The van der Waals surface area contributed by atoms with Gasteiger partial charge in [0.25, 0.3) is 0 Å². The highest BCUT2D eigenvalue weighted by atomic mass is 35.5. The summed E-state index contributed by atoms with van der Waals surface area (Å²) in [5.41, 5.74) is 1.04. The third kappa shape index (κ3) is 6.34. The van der Waals surface area contributed by atoms with E-state index in [0.717, 1.165) is 35.7 Å². The van der Waals surface area contributed by atoms with E-state index in [2.05, 4.69) is 34.2 Å².